The minimum absolute atomic E-state index is 0.230. The molecular formula is C14H15ClN2O2S. The Hall–Kier alpha value is -1.59. The predicted octanol–water partition coefficient (Wildman–Crippen LogP) is 3.82. The van der Waals surface area contributed by atoms with Gasteiger partial charge in [-0.25, -0.2) is 4.98 Å². The van der Waals surface area contributed by atoms with Crippen molar-refractivity contribution in [2.45, 2.75) is 26.9 Å². The summed E-state index contributed by atoms with van der Waals surface area (Å²) in [5, 5.41) is 3.98. The number of amides is 1. The summed E-state index contributed by atoms with van der Waals surface area (Å²) in [5.41, 5.74) is 0.910. The lowest BCUT2D eigenvalue weighted by atomic mass is 10.2. The average Bonchev–Trinajstić information content (AvgIpc) is 2.79. The zero-order valence-electron chi connectivity index (χ0n) is 11.4. The number of carbonyl (C=O) groups excluding carboxylic acids is 1. The van der Waals surface area contributed by atoms with Crippen LogP contribution in [0.1, 0.15) is 17.4 Å². The molecule has 106 valence electrons. The van der Waals surface area contributed by atoms with Crippen LogP contribution in [0.5, 0.6) is 5.75 Å². The fraction of sp³-hybridized carbons (Fsp3) is 0.286. The van der Waals surface area contributed by atoms with Crippen molar-refractivity contribution in [2.24, 2.45) is 0 Å². The SMILES string of the molecule is Cc1cnc(NC(=O)[C@H](C)Oc2ccc(Cl)c(C)c2)s1. The molecule has 1 amide bonds. The smallest absolute Gasteiger partial charge is 0.266 e. The molecule has 0 spiro atoms. The van der Waals surface area contributed by atoms with Gasteiger partial charge in [0.15, 0.2) is 11.2 Å². The first-order valence-electron chi connectivity index (χ1n) is 6.12. The quantitative estimate of drug-likeness (QED) is 0.934. The van der Waals surface area contributed by atoms with Gasteiger partial charge in [0.1, 0.15) is 5.75 Å². The van der Waals surface area contributed by atoms with Crippen LogP contribution >= 0.6 is 22.9 Å². The van der Waals surface area contributed by atoms with Crippen LogP contribution in [-0.4, -0.2) is 17.0 Å². The van der Waals surface area contributed by atoms with Crippen molar-refractivity contribution in [1.29, 1.82) is 0 Å². The lowest BCUT2D eigenvalue weighted by Gasteiger charge is -2.14. The van der Waals surface area contributed by atoms with Gasteiger partial charge in [-0.1, -0.05) is 11.6 Å². The Balaban J connectivity index is 1.98. The Morgan fingerprint density at radius 2 is 2.20 bits per heavy atom. The van der Waals surface area contributed by atoms with Gasteiger partial charge in [0, 0.05) is 16.1 Å². The Bertz CT molecular complexity index is 627. The summed E-state index contributed by atoms with van der Waals surface area (Å²) in [6, 6.07) is 5.30. The minimum atomic E-state index is -0.611. The molecule has 1 N–H and O–H groups in total. The lowest BCUT2D eigenvalue weighted by Crippen LogP contribution is -2.30. The molecule has 0 aliphatic heterocycles. The highest BCUT2D eigenvalue weighted by atomic mass is 35.5. The monoisotopic (exact) mass is 310 g/mol. The first-order chi connectivity index (χ1) is 9.45. The first-order valence-corrected chi connectivity index (χ1v) is 7.31. The van der Waals surface area contributed by atoms with E-state index in [0.29, 0.717) is 15.9 Å². The Morgan fingerprint density at radius 3 is 2.80 bits per heavy atom. The largest absolute Gasteiger partial charge is 0.481 e. The lowest BCUT2D eigenvalue weighted by molar-refractivity contribution is -0.122. The highest BCUT2D eigenvalue weighted by Crippen LogP contribution is 2.22. The van der Waals surface area contributed by atoms with E-state index in [-0.39, 0.29) is 5.91 Å². The second-order valence-electron chi connectivity index (χ2n) is 4.44. The number of thiazole rings is 1. The number of ether oxygens (including phenoxy) is 1. The van der Waals surface area contributed by atoms with E-state index in [1.54, 1.807) is 31.3 Å². The molecule has 0 bridgehead atoms. The van der Waals surface area contributed by atoms with Crippen molar-refractivity contribution in [3.8, 4) is 5.75 Å². The summed E-state index contributed by atoms with van der Waals surface area (Å²) in [6.45, 7) is 5.52. The zero-order valence-corrected chi connectivity index (χ0v) is 13.0. The highest BCUT2D eigenvalue weighted by Gasteiger charge is 2.16. The molecule has 1 atom stereocenters. The van der Waals surface area contributed by atoms with E-state index in [2.05, 4.69) is 10.3 Å². The second kappa shape index (κ2) is 6.24. The number of aromatic nitrogens is 1. The number of nitrogens with one attached hydrogen (secondary N) is 1. The summed E-state index contributed by atoms with van der Waals surface area (Å²) in [7, 11) is 0. The molecule has 0 aliphatic carbocycles. The predicted molar refractivity (Wildman–Crippen MR) is 81.8 cm³/mol. The average molecular weight is 311 g/mol. The second-order valence-corrected chi connectivity index (χ2v) is 6.08. The number of rotatable bonds is 4. The molecule has 2 rings (SSSR count). The van der Waals surface area contributed by atoms with Gasteiger partial charge in [0.05, 0.1) is 0 Å². The molecule has 0 fully saturated rings. The number of benzene rings is 1. The van der Waals surface area contributed by atoms with Crippen LogP contribution in [0, 0.1) is 13.8 Å². The van der Waals surface area contributed by atoms with Gasteiger partial charge >= 0.3 is 0 Å². The van der Waals surface area contributed by atoms with E-state index in [1.165, 1.54) is 11.3 Å². The third-order valence-electron chi connectivity index (χ3n) is 2.66. The van der Waals surface area contributed by atoms with Crippen molar-refractivity contribution >= 4 is 34.0 Å². The van der Waals surface area contributed by atoms with E-state index in [0.717, 1.165) is 10.4 Å². The van der Waals surface area contributed by atoms with Gasteiger partial charge < -0.3 is 4.74 Å². The van der Waals surface area contributed by atoms with Crippen LogP contribution in [-0.2, 0) is 4.79 Å². The summed E-state index contributed by atoms with van der Waals surface area (Å²) < 4.78 is 5.60. The van der Waals surface area contributed by atoms with Gasteiger partial charge in [0.25, 0.3) is 5.91 Å². The molecule has 4 nitrogen and oxygen atoms in total. The number of aryl methyl sites for hydroxylation is 2. The third-order valence-corrected chi connectivity index (χ3v) is 3.92. The van der Waals surface area contributed by atoms with Gasteiger partial charge in [-0.3, -0.25) is 10.1 Å². The Morgan fingerprint density at radius 1 is 1.45 bits per heavy atom. The maximum absolute atomic E-state index is 12.0. The zero-order chi connectivity index (χ0) is 14.7. The molecule has 1 aromatic heterocycles. The van der Waals surface area contributed by atoms with E-state index in [9.17, 15) is 4.79 Å². The Labute approximate surface area is 126 Å². The van der Waals surface area contributed by atoms with Crippen LogP contribution in [0.25, 0.3) is 0 Å². The molecule has 0 aliphatic rings. The van der Waals surface area contributed by atoms with Gasteiger partial charge in [0.2, 0.25) is 0 Å². The minimum Gasteiger partial charge on any atom is -0.481 e. The summed E-state index contributed by atoms with van der Waals surface area (Å²) >= 11 is 7.38. The van der Waals surface area contributed by atoms with Gasteiger partial charge in [-0.05, 0) is 44.5 Å². The molecule has 2 aromatic rings. The molecule has 0 unspecified atom stereocenters. The van der Waals surface area contributed by atoms with Crippen molar-refractivity contribution < 1.29 is 9.53 Å². The van der Waals surface area contributed by atoms with Crippen molar-refractivity contribution in [1.82, 2.24) is 4.98 Å². The summed E-state index contributed by atoms with van der Waals surface area (Å²) in [5.74, 6) is 0.386. The number of hydrogen-bond donors (Lipinski definition) is 1. The topological polar surface area (TPSA) is 51.2 Å². The fourth-order valence-electron chi connectivity index (χ4n) is 1.57. The summed E-state index contributed by atoms with van der Waals surface area (Å²) in [6.07, 6.45) is 1.11. The first kappa shape index (κ1) is 14.8. The highest BCUT2D eigenvalue weighted by molar-refractivity contribution is 7.15. The molecule has 20 heavy (non-hydrogen) atoms. The van der Waals surface area contributed by atoms with Gasteiger partial charge in [-0.15, -0.1) is 11.3 Å². The normalized spacial score (nSPS) is 12.0. The van der Waals surface area contributed by atoms with E-state index in [4.69, 9.17) is 16.3 Å². The van der Waals surface area contributed by atoms with Crippen LogP contribution in [0.3, 0.4) is 0 Å². The maximum atomic E-state index is 12.0. The van der Waals surface area contributed by atoms with E-state index in [1.807, 2.05) is 13.8 Å². The molecule has 0 radical (unpaired) electrons. The number of nitrogens with zero attached hydrogens (tertiary/aromatic N) is 1. The van der Waals surface area contributed by atoms with Crippen molar-refractivity contribution in [2.75, 3.05) is 5.32 Å². The van der Waals surface area contributed by atoms with Crippen molar-refractivity contribution in [3.63, 3.8) is 0 Å². The summed E-state index contributed by atoms with van der Waals surface area (Å²) in [4.78, 5) is 17.1. The van der Waals surface area contributed by atoms with Crippen molar-refractivity contribution in [3.05, 3.63) is 39.9 Å². The molecular weight excluding hydrogens is 296 g/mol. The third kappa shape index (κ3) is 3.71. The van der Waals surface area contributed by atoms with E-state index >= 15 is 0 Å². The number of anilines is 1. The number of carbonyl (C=O) groups is 1. The van der Waals surface area contributed by atoms with Crippen LogP contribution in [0.4, 0.5) is 5.13 Å². The van der Waals surface area contributed by atoms with Gasteiger partial charge in [-0.2, -0.15) is 0 Å². The van der Waals surface area contributed by atoms with E-state index < -0.39 is 6.10 Å². The maximum Gasteiger partial charge on any atom is 0.266 e. The van der Waals surface area contributed by atoms with Crippen LogP contribution < -0.4 is 10.1 Å². The molecule has 6 heteroatoms. The van der Waals surface area contributed by atoms with Crippen LogP contribution in [0.15, 0.2) is 24.4 Å². The molecule has 1 aromatic carbocycles. The molecule has 1 heterocycles. The number of halogens is 1. The Kier molecular flexibility index (Phi) is 4.62. The standard InChI is InChI=1S/C14H15ClN2O2S/c1-8-6-11(4-5-12(8)15)19-10(3)13(18)17-14-16-7-9(2)20-14/h4-7,10H,1-3H3,(H,16,17,18)/t10-/m0/s1. The fourth-order valence-corrected chi connectivity index (χ4v) is 2.35. The van der Waals surface area contributed by atoms with Crippen LogP contribution in [0.2, 0.25) is 5.02 Å². The molecule has 0 saturated carbocycles. The molecule has 0 saturated heterocycles. The number of hydrogen-bond acceptors (Lipinski definition) is 4.